The van der Waals surface area contributed by atoms with Crippen LogP contribution in [0.2, 0.25) is 0 Å². The number of nitrogens with zero attached hydrogens (tertiary/aromatic N) is 2. The van der Waals surface area contributed by atoms with E-state index in [1.807, 2.05) is 55.5 Å². The molecule has 1 heterocycles. The van der Waals surface area contributed by atoms with Crippen molar-refractivity contribution in [3.8, 4) is 5.75 Å². The number of ether oxygens (including phenoxy) is 1. The van der Waals surface area contributed by atoms with Crippen molar-refractivity contribution in [3.05, 3.63) is 96.1 Å². The van der Waals surface area contributed by atoms with Gasteiger partial charge in [-0.05, 0) is 36.8 Å². The minimum Gasteiger partial charge on any atom is -0.484 e. The minimum atomic E-state index is -3.79. The van der Waals surface area contributed by atoms with E-state index >= 15 is 0 Å². The van der Waals surface area contributed by atoms with Crippen LogP contribution in [0.25, 0.3) is 0 Å². The first-order chi connectivity index (χ1) is 15.0. The Hall–Kier alpha value is -3.16. The molecule has 1 saturated heterocycles. The van der Waals surface area contributed by atoms with Crippen LogP contribution in [0.3, 0.4) is 0 Å². The van der Waals surface area contributed by atoms with Crippen LogP contribution in [0.15, 0.2) is 89.8 Å². The van der Waals surface area contributed by atoms with Crippen LogP contribution < -0.4 is 4.74 Å². The summed E-state index contributed by atoms with van der Waals surface area (Å²) in [6.45, 7) is 2.26. The van der Waals surface area contributed by atoms with E-state index in [2.05, 4.69) is 0 Å². The van der Waals surface area contributed by atoms with Crippen molar-refractivity contribution in [2.24, 2.45) is 0 Å². The Balaban J connectivity index is 1.62. The summed E-state index contributed by atoms with van der Waals surface area (Å²) in [5, 5.41) is 0. The molecule has 6 nitrogen and oxygen atoms in total. The van der Waals surface area contributed by atoms with Crippen molar-refractivity contribution in [2.45, 2.75) is 18.0 Å². The van der Waals surface area contributed by atoms with Gasteiger partial charge in [-0.15, -0.1) is 0 Å². The van der Waals surface area contributed by atoms with Crippen LogP contribution in [0.1, 0.15) is 17.3 Å². The van der Waals surface area contributed by atoms with E-state index < -0.39 is 16.2 Å². The quantitative estimate of drug-likeness (QED) is 0.592. The number of hydrogen-bond donors (Lipinski definition) is 0. The first-order valence-electron chi connectivity index (χ1n) is 10.1. The molecule has 0 bridgehead atoms. The molecule has 0 aliphatic carbocycles. The van der Waals surface area contributed by atoms with Crippen LogP contribution >= 0.6 is 0 Å². The summed E-state index contributed by atoms with van der Waals surface area (Å²) >= 11 is 0. The van der Waals surface area contributed by atoms with Crippen LogP contribution in [0, 0.1) is 6.92 Å². The highest BCUT2D eigenvalue weighted by molar-refractivity contribution is 7.89. The molecular formula is C24H24N2O4S. The summed E-state index contributed by atoms with van der Waals surface area (Å²) < 4.78 is 33.9. The maximum absolute atomic E-state index is 13.4. The summed E-state index contributed by atoms with van der Waals surface area (Å²) in [7, 11) is -3.79. The van der Waals surface area contributed by atoms with E-state index in [4.69, 9.17) is 4.74 Å². The Morgan fingerprint density at radius 3 is 2.16 bits per heavy atom. The topological polar surface area (TPSA) is 66.9 Å². The zero-order valence-corrected chi connectivity index (χ0v) is 18.0. The Labute approximate surface area is 182 Å². The summed E-state index contributed by atoms with van der Waals surface area (Å²) in [6, 6.07) is 25.1. The molecule has 0 unspecified atom stereocenters. The van der Waals surface area contributed by atoms with Gasteiger partial charge in [0.15, 0.2) is 6.61 Å². The highest BCUT2D eigenvalue weighted by atomic mass is 32.2. The van der Waals surface area contributed by atoms with Crippen molar-refractivity contribution in [1.82, 2.24) is 9.21 Å². The summed E-state index contributed by atoms with van der Waals surface area (Å²) in [6.07, 6.45) is -0.723. The molecule has 0 spiro atoms. The number of carbonyl (C=O) groups excluding carboxylic acids is 1. The van der Waals surface area contributed by atoms with Gasteiger partial charge in [0.2, 0.25) is 10.0 Å². The van der Waals surface area contributed by atoms with Gasteiger partial charge in [0.25, 0.3) is 5.91 Å². The van der Waals surface area contributed by atoms with E-state index in [0.717, 1.165) is 11.1 Å². The van der Waals surface area contributed by atoms with E-state index in [-0.39, 0.29) is 24.0 Å². The molecule has 31 heavy (non-hydrogen) atoms. The number of sulfonamides is 1. The SMILES string of the molecule is Cc1ccc(S(=O)(=O)N2CCN(C(=O)COc3ccccc3)[C@H]2c2ccccc2)cc1. The highest BCUT2D eigenvalue weighted by Crippen LogP contribution is 2.35. The average molecular weight is 437 g/mol. The Morgan fingerprint density at radius 2 is 1.52 bits per heavy atom. The molecule has 0 radical (unpaired) electrons. The highest BCUT2D eigenvalue weighted by Gasteiger charge is 2.43. The average Bonchev–Trinajstić information content (AvgIpc) is 3.25. The zero-order chi connectivity index (χ0) is 21.8. The fraction of sp³-hybridized carbons (Fsp3) is 0.208. The van der Waals surface area contributed by atoms with Gasteiger partial charge in [0.1, 0.15) is 11.9 Å². The van der Waals surface area contributed by atoms with Gasteiger partial charge in [-0.1, -0.05) is 66.2 Å². The molecule has 0 N–H and O–H groups in total. The fourth-order valence-corrected chi connectivity index (χ4v) is 5.25. The van der Waals surface area contributed by atoms with Gasteiger partial charge >= 0.3 is 0 Å². The maximum atomic E-state index is 13.4. The van der Waals surface area contributed by atoms with Crippen LogP contribution in [-0.2, 0) is 14.8 Å². The second kappa shape index (κ2) is 8.91. The lowest BCUT2D eigenvalue weighted by atomic mass is 10.1. The summed E-state index contributed by atoms with van der Waals surface area (Å²) in [5.74, 6) is 0.328. The van der Waals surface area contributed by atoms with Gasteiger partial charge in [-0.2, -0.15) is 4.31 Å². The van der Waals surface area contributed by atoms with E-state index in [1.54, 1.807) is 41.3 Å². The molecule has 3 aromatic carbocycles. The first-order valence-corrected chi connectivity index (χ1v) is 11.5. The normalized spacial score (nSPS) is 16.9. The van der Waals surface area contributed by atoms with Gasteiger partial charge in [0.05, 0.1) is 4.90 Å². The van der Waals surface area contributed by atoms with E-state index in [1.165, 1.54) is 4.31 Å². The van der Waals surface area contributed by atoms with Crippen molar-refractivity contribution in [2.75, 3.05) is 19.7 Å². The lowest BCUT2D eigenvalue weighted by Gasteiger charge is -2.30. The zero-order valence-electron chi connectivity index (χ0n) is 17.2. The Morgan fingerprint density at radius 1 is 0.903 bits per heavy atom. The number of rotatable bonds is 6. The lowest BCUT2D eigenvalue weighted by Crippen LogP contribution is -2.39. The largest absolute Gasteiger partial charge is 0.484 e. The smallest absolute Gasteiger partial charge is 0.262 e. The van der Waals surface area contributed by atoms with Crippen molar-refractivity contribution in [1.29, 1.82) is 0 Å². The molecular weight excluding hydrogens is 412 g/mol. The predicted molar refractivity (Wildman–Crippen MR) is 118 cm³/mol. The third-order valence-electron chi connectivity index (χ3n) is 5.28. The van der Waals surface area contributed by atoms with Crippen molar-refractivity contribution in [3.63, 3.8) is 0 Å². The van der Waals surface area contributed by atoms with Gasteiger partial charge in [0, 0.05) is 13.1 Å². The molecule has 0 saturated carbocycles. The lowest BCUT2D eigenvalue weighted by molar-refractivity contribution is -0.135. The molecule has 7 heteroatoms. The van der Waals surface area contributed by atoms with E-state index in [0.29, 0.717) is 12.3 Å². The molecule has 1 aliphatic rings. The number of hydrogen-bond acceptors (Lipinski definition) is 4. The third-order valence-corrected chi connectivity index (χ3v) is 7.15. The summed E-state index contributed by atoms with van der Waals surface area (Å²) in [5.41, 5.74) is 1.72. The maximum Gasteiger partial charge on any atom is 0.262 e. The van der Waals surface area contributed by atoms with E-state index in [9.17, 15) is 13.2 Å². The fourth-order valence-electron chi connectivity index (χ4n) is 3.68. The van der Waals surface area contributed by atoms with Crippen LogP contribution in [0.4, 0.5) is 0 Å². The van der Waals surface area contributed by atoms with Crippen molar-refractivity contribution >= 4 is 15.9 Å². The number of para-hydroxylation sites is 1. The second-order valence-electron chi connectivity index (χ2n) is 7.40. The second-order valence-corrected chi connectivity index (χ2v) is 9.29. The molecule has 0 aromatic heterocycles. The Kier molecular flexibility index (Phi) is 6.06. The Bertz CT molecular complexity index is 1130. The van der Waals surface area contributed by atoms with Crippen molar-refractivity contribution < 1.29 is 17.9 Å². The molecule has 1 fully saturated rings. The van der Waals surface area contributed by atoms with Gasteiger partial charge in [-0.25, -0.2) is 8.42 Å². The number of carbonyl (C=O) groups is 1. The third kappa shape index (κ3) is 4.47. The standard InChI is InChI=1S/C24H24N2O4S/c1-19-12-14-22(15-13-19)31(28,29)26-17-16-25(24(26)20-8-4-2-5-9-20)23(27)18-30-21-10-6-3-7-11-21/h2-15,24H,16-18H2,1H3/t24-/m1/s1. The van der Waals surface area contributed by atoms with Crippen LogP contribution in [-0.4, -0.2) is 43.2 Å². The predicted octanol–water partition coefficient (Wildman–Crippen LogP) is 3.61. The van der Waals surface area contributed by atoms with Gasteiger partial charge in [-0.3, -0.25) is 4.79 Å². The summed E-state index contributed by atoms with van der Waals surface area (Å²) in [4.78, 5) is 14.8. The molecule has 1 aliphatic heterocycles. The number of amides is 1. The van der Waals surface area contributed by atoms with Gasteiger partial charge < -0.3 is 9.64 Å². The van der Waals surface area contributed by atoms with Crippen LogP contribution in [0.5, 0.6) is 5.75 Å². The number of benzene rings is 3. The molecule has 3 aromatic rings. The minimum absolute atomic E-state index is 0.161. The molecule has 1 amide bonds. The first kappa shape index (κ1) is 21.1. The molecule has 4 rings (SSSR count). The molecule has 1 atom stereocenters. The molecule has 160 valence electrons. The number of aryl methyl sites for hydroxylation is 1. The monoisotopic (exact) mass is 436 g/mol.